The highest BCUT2D eigenvalue weighted by Gasteiger charge is 2.27. The number of rotatable bonds is 5. The number of nitrogens with one attached hydrogen (secondary N) is 1. The summed E-state index contributed by atoms with van der Waals surface area (Å²) < 4.78 is 0. The molecule has 1 saturated carbocycles. The van der Waals surface area contributed by atoms with Crippen molar-refractivity contribution < 1.29 is 0 Å². The van der Waals surface area contributed by atoms with E-state index < -0.39 is 0 Å². The van der Waals surface area contributed by atoms with Crippen LogP contribution in [-0.2, 0) is 0 Å². The van der Waals surface area contributed by atoms with Crippen LogP contribution in [0.2, 0.25) is 0 Å². The first-order valence-electron chi connectivity index (χ1n) is 7.33. The van der Waals surface area contributed by atoms with Gasteiger partial charge in [0.05, 0.1) is 0 Å². The first-order chi connectivity index (χ1) is 8.29. The lowest BCUT2D eigenvalue weighted by Crippen LogP contribution is -2.42. The first-order valence-corrected chi connectivity index (χ1v) is 8.38. The quantitative estimate of drug-likeness (QED) is 0.814. The van der Waals surface area contributed by atoms with Crippen LogP contribution in [0, 0.1) is 5.92 Å². The van der Waals surface area contributed by atoms with E-state index in [-0.39, 0.29) is 0 Å². The minimum absolute atomic E-state index is 0.798. The molecule has 3 atom stereocenters. The molecular weight excluding hydrogens is 228 g/mol. The van der Waals surface area contributed by atoms with Gasteiger partial charge in [-0.15, -0.1) is 0 Å². The van der Waals surface area contributed by atoms with E-state index in [0.29, 0.717) is 0 Å². The summed E-state index contributed by atoms with van der Waals surface area (Å²) >= 11 is 2.16. The van der Waals surface area contributed by atoms with Crippen molar-refractivity contribution in [2.45, 2.75) is 50.3 Å². The molecular formula is C14H28N2S. The van der Waals surface area contributed by atoms with Crippen LogP contribution >= 0.6 is 11.8 Å². The molecule has 0 aromatic carbocycles. The van der Waals surface area contributed by atoms with Gasteiger partial charge in [0.25, 0.3) is 0 Å². The number of likely N-dealkylation sites (tertiary alicyclic amines) is 1. The van der Waals surface area contributed by atoms with Crippen LogP contribution in [0.15, 0.2) is 0 Å². The van der Waals surface area contributed by atoms with E-state index in [1.807, 2.05) is 0 Å². The highest BCUT2D eigenvalue weighted by molar-refractivity contribution is 7.99. The van der Waals surface area contributed by atoms with Crippen molar-refractivity contribution in [2.24, 2.45) is 5.92 Å². The Labute approximate surface area is 111 Å². The second kappa shape index (κ2) is 7.01. The molecule has 1 aliphatic heterocycles. The van der Waals surface area contributed by atoms with Gasteiger partial charge < -0.3 is 10.2 Å². The summed E-state index contributed by atoms with van der Waals surface area (Å²) in [4.78, 5) is 2.49. The molecule has 1 saturated heterocycles. The molecule has 2 nitrogen and oxygen atoms in total. The van der Waals surface area contributed by atoms with Gasteiger partial charge >= 0.3 is 0 Å². The van der Waals surface area contributed by atoms with E-state index in [4.69, 9.17) is 0 Å². The van der Waals surface area contributed by atoms with Gasteiger partial charge in [-0.2, -0.15) is 11.8 Å². The predicted octanol–water partition coefficient (Wildman–Crippen LogP) is 2.59. The summed E-state index contributed by atoms with van der Waals surface area (Å²) in [5, 5.41) is 4.75. The zero-order chi connectivity index (χ0) is 12.1. The van der Waals surface area contributed by atoms with Crippen molar-refractivity contribution in [3.05, 3.63) is 0 Å². The van der Waals surface area contributed by atoms with Crippen LogP contribution in [0.1, 0.15) is 39.0 Å². The van der Waals surface area contributed by atoms with Gasteiger partial charge in [-0.25, -0.2) is 0 Å². The largest absolute Gasteiger partial charge is 0.313 e. The van der Waals surface area contributed by atoms with Crippen LogP contribution in [0.3, 0.4) is 0 Å². The molecule has 0 aromatic rings. The van der Waals surface area contributed by atoms with Crippen LogP contribution < -0.4 is 5.32 Å². The molecule has 0 amide bonds. The molecule has 2 aliphatic rings. The van der Waals surface area contributed by atoms with Crippen molar-refractivity contribution in [3.8, 4) is 0 Å². The Balaban J connectivity index is 1.69. The van der Waals surface area contributed by atoms with Gasteiger partial charge in [-0.3, -0.25) is 0 Å². The summed E-state index contributed by atoms with van der Waals surface area (Å²) in [5.74, 6) is 2.16. The minimum atomic E-state index is 0.798. The average molecular weight is 256 g/mol. The van der Waals surface area contributed by atoms with Gasteiger partial charge in [-0.1, -0.05) is 13.3 Å². The van der Waals surface area contributed by atoms with Crippen LogP contribution in [0.5, 0.6) is 0 Å². The summed E-state index contributed by atoms with van der Waals surface area (Å²) in [6.45, 7) is 6.13. The Morgan fingerprint density at radius 2 is 2.12 bits per heavy atom. The third kappa shape index (κ3) is 4.15. The highest BCUT2D eigenvalue weighted by atomic mass is 32.2. The molecule has 17 heavy (non-hydrogen) atoms. The van der Waals surface area contributed by atoms with E-state index in [1.165, 1.54) is 57.5 Å². The number of nitrogens with zero attached hydrogens (tertiary/aromatic N) is 1. The molecule has 1 heterocycles. The van der Waals surface area contributed by atoms with Gasteiger partial charge in [-0.05, 0) is 57.5 Å². The highest BCUT2D eigenvalue weighted by Crippen LogP contribution is 2.30. The zero-order valence-corrected chi connectivity index (χ0v) is 12.3. The van der Waals surface area contributed by atoms with Gasteiger partial charge in [0.15, 0.2) is 0 Å². The molecule has 2 rings (SSSR count). The monoisotopic (exact) mass is 256 g/mol. The predicted molar refractivity (Wildman–Crippen MR) is 77.8 cm³/mol. The minimum Gasteiger partial charge on any atom is -0.313 e. The van der Waals surface area contributed by atoms with E-state index in [9.17, 15) is 0 Å². The topological polar surface area (TPSA) is 15.3 Å². The normalized spacial score (nSPS) is 35.3. The molecule has 0 aromatic heterocycles. The molecule has 1 N–H and O–H groups in total. The first kappa shape index (κ1) is 13.7. The van der Waals surface area contributed by atoms with Crippen LogP contribution in [-0.4, -0.2) is 48.6 Å². The smallest absolute Gasteiger partial charge is 0.0201 e. The van der Waals surface area contributed by atoms with Gasteiger partial charge in [0.1, 0.15) is 0 Å². The Morgan fingerprint density at radius 1 is 1.24 bits per heavy atom. The van der Waals surface area contributed by atoms with Crippen molar-refractivity contribution in [1.82, 2.24) is 10.2 Å². The Bertz CT molecular complexity index is 222. The Morgan fingerprint density at radius 3 is 2.88 bits per heavy atom. The van der Waals surface area contributed by atoms with Crippen molar-refractivity contribution in [3.63, 3.8) is 0 Å². The van der Waals surface area contributed by atoms with E-state index >= 15 is 0 Å². The molecule has 0 spiro atoms. The van der Waals surface area contributed by atoms with E-state index in [0.717, 1.165) is 17.2 Å². The maximum Gasteiger partial charge on any atom is 0.0201 e. The fraction of sp³-hybridized carbons (Fsp3) is 1.00. The van der Waals surface area contributed by atoms with Crippen molar-refractivity contribution in [2.75, 3.05) is 32.4 Å². The fourth-order valence-electron chi connectivity index (χ4n) is 3.33. The van der Waals surface area contributed by atoms with Crippen molar-refractivity contribution >= 4 is 11.8 Å². The lowest BCUT2D eigenvalue weighted by atomic mass is 9.98. The Hall–Kier alpha value is 0.270. The van der Waals surface area contributed by atoms with E-state index in [1.54, 1.807) is 0 Å². The SMILES string of the molecule is CCSC1CCCC1NCC1CCCN(C)C1. The fourth-order valence-corrected chi connectivity index (χ4v) is 4.56. The summed E-state index contributed by atoms with van der Waals surface area (Å²) in [5.41, 5.74) is 0. The second-order valence-corrected chi connectivity index (χ2v) is 7.23. The lowest BCUT2D eigenvalue weighted by Gasteiger charge is -2.31. The summed E-state index contributed by atoms with van der Waals surface area (Å²) in [6.07, 6.45) is 7.08. The summed E-state index contributed by atoms with van der Waals surface area (Å²) in [7, 11) is 2.26. The summed E-state index contributed by atoms with van der Waals surface area (Å²) in [6, 6.07) is 0.798. The zero-order valence-electron chi connectivity index (χ0n) is 11.5. The van der Waals surface area contributed by atoms with E-state index in [2.05, 4.69) is 35.9 Å². The lowest BCUT2D eigenvalue weighted by molar-refractivity contribution is 0.203. The Kier molecular flexibility index (Phi) is 5.64. The number of piperidine rings is 1. The second-order valence-electron chi connectivity index (χ2n) is 5.71. The molecule has 3 unspecified atom stereocenters. The third-order valence-corrected chi connectivity index (χ3v) is 5.55. The number of hydrogen-bond donors (Lipinski definition) is 1. The van der Waals surface area contributed by atoms with Crippen molar-refractivity contribution in [1.29, 1.82) is 0 Å². The standard InChI is InChI=1S/C14H28N2S/c1-3-17-14-8-4-7-13(14)15-10-12-6-5-9-16(2)11-12/h12-15H,3-11H2,1-2H3. The molecule has 3 heteroatoms. The molecule has 100 valence electrons. The van der Waals surface area contributed by atoms with Crippen LogP contribution in [0.4, 0.5) is 0 Å². The molecule has 1 aliphatic carbocycles. The third-order valence-electron chi connectivity index (χ3n) is 4.22. The van der Waals surface area contributed by atoms with Gasteiger partial charge in [0, 0.05) is 17.8 Å². The molecule has 0 bridgehead atoms. The number of hydrogen-bond acceptors (Lipinski definition) is 3. The maximum absolute atomic E-state index is 3.86. The molecule has 0 radical (unpaired) electrons. The number of thioether (sulfide) groups is 1. The maximum atomic E-state index is 3.86. The van der Waals surface area contributed by atoms with Gasteiger partial charge in [0.2, 0.25) is 0 Å². The van der Waals surface area contributed by atoms with Crippen LogP contribution in [0.25, 0.3) is 0 Å². The molecule has 2 fully saturated rings. The average Bonchev–Trinajstić information content (AvgIpc) is 2.75.